The molecular weight excluding hydrogens is 437 g/mol. The predicted molar refractivity (Wildman–Crippen MR) is 114 cm³/mol. The molecule has 1 saturated heterocycles. The molecule has 1 aliphatic rings. The van der Waals surface area contributed by atoms with Crippen LogP contribution in [0.15, 0.2) is 30.5 Å². The van der Waals surface area contributed by atoms with Crippen molar-refractivity contribution in [2.24, 2.45) is 5.92 Å². The molecule has 0 atom stereocenters. The molecule has 1 aromatic heterocycles. The summed E-state index contributed by atoms with van der Waals surface area (Å²) in [5.74, 6) is 0.432. The van der Waals surface area contributed by atoms with E-state index in [0.29, 0.717) is 47.5 Å². The van der Waals surface area contributed by atoms with E-state index in [4.69, 9.17) is 39.5 Å². The monoisotopic (exact) mass is 455 g/mol. The van der Waals surface area contributed by atoms with Crippen LogP contribution in [0.3, 0.4) is 0 Å². The number of rotatable bonds is 5. The SMILES string of the molecule is Cc1ccnc(NC(=O)C2CCN(C(=O)COc3cc(Cl)c(Cl)cc3Cl)CC2)c1. The molecule has 2 heterocycles. The summed E-state index contributed by atoms with van der Waals surface area (Å²) in [5, 5.41) is 3.74. The van der Waals surface area contributed by atoms with Gasteiger partial charge in [-0.25, -0.2) is 4.98 Å². The molecule has 0 aliphatic carbocycles. The van der Waals surface area contributed by atoms with Gasteiger partial charge in [0.25, 0.3) is 5.91 Å². The summed E-state index contributed by atoms with van der Waals surface area (Å²) < 4.78 is 5.50. The second-order valence-electron chi connectivity index (χ2n) is 6.85. The fourth-order valence-corrected chi connectivity index (χ4v) is 3.66. The van der Waals surface area contributed by atoms with Crippen molar-refractivity contribution in [3.05, 3.63) is 51.1 Å². The highest BCUT2D eigenvalue weighted by Gasteiger charge is 2.28. The van der Waals surface area contributed by atoms with Crippen LogP contribution in [-0.4, -0.2) is 41.4 Å². The molecule has 6 nitrogen and oxygen atoms in total. The lowest BCUT2D eigenvalue weighted by Crippen LogP contribution is -2.43. The smallest absolute Gasteiger partial charge is 0.260 e. The number of benzene rings is 1. The zero-order valence-electron chi connectivity index (χ0n) is 15.8. The van der Waals surface area contributed by atoms with Gasteiger partial charge in [0.15, 0.2) is 6.61 Å². The lowest BCUT2D eigenvalue weighted by Gasteiger charge is -2.31. The number of likely N-dealkylation sites (tertiary alicyclic amines) is 1. The minimum absolute atomic E-state index is 0.0750. The Morgan fingerprint density at radius 1 is 1.14 bits per heavy atom. The van der Waals surface area contributed by atoms with Gasteiger partial charge in [-0.05, 0) is 43.5 Å². The lowest BCUT2D eigenvalue weighted by molar-refractivity contribution is -0.136. The van der Waals surface area contributed by atoms with Crippen LogP contribution in [0, 0.1) is 12.8 Å². The predicted octanol–water partition coefficient (Wildman–Crippen LogP) is 4.61. The molecule has 29 heavy (non-hydrogen) atoms. The van der Waals surface area contributed by atoms with Gasteiger partial charge in [-0.3, -0.25) is 9.59 Å². The summed E-state index contributed by atoms with van der Waals surface area (Å²) in [5.41, 5.74) is 1.03. The van der Waals surface area contributed by atoms with E-state index in [0.717, 1.165) is 5.56 Å². The van der Waals surface area contributed by atoms with Gasteiger partial charge in [0.2, 0.25) is 5.91 Å². The number of nitrogens with one attached hydrogen (secondary N) is 1. The number of pyridine rings is 1. The van der Waals surface area contributed by atoms with Crippen LogP contribution in [0.25, 0.3) is 0 Å². The van der Waals surface area contributed by atoms with Crippen molar-refractivity contribution in [3.8, 4) is 5.75 Å². The molecule has 2 aromatic rings. The third-order valence-electron chi connectivity index (χ3n) is 4.71. The van der Waals surface area contributed by atoms with Crippen molar-refractivity contribution in [2.75, 3.05) is 25.0 Å². The first-order valence-electron chi connectivity index (χ1n) is 9.12. The van der Waals surface area contributed by atoms with Crippen molar-refractivity contribution >= 4 is 52.4 Å². The summed E-state index contributed by atoms with van der Waals surface area (Å²) in [6.45, 7) is 2.74. The van der Waals surface area contributed by atoms with Crippen LogP contribution in [0.2, 0.25) is 15.1 Å². The van der Waals surface area contributed by atoms with Crippen molar-refractivity contribution in [1.82, 2.24) is 9.88 Å². The fourth-order valence-electron chi connectivity index (χ4n) is 3.07. The normalized spacial score (nSPS) is 14.6. The van der Waals surface area contributed by atoms with Crippen molar-refractivity contribution in [1.29, 1.82) is 0 Å². The minimum Gasteiger partial charge on any atom is -0.482 e. The van der Waals surface area contributed by atoms with Crippen LogP contribution < -0.4 is 10.1 Å². The third kappa shape index (κ3) is 5.75. The molecule has 1 N–H and O–H groups in total. The highest BCUT2D eigenvalue weighted by Crippen LogP contribution is 2.33. The quantitative estimate of drug-likeness (QED) is 0.667. The summed E-state index contributed by atoms with van der Waals surface area (Å²) in [7, 11) is 0. The summed E-state index contributed by atoms with van der Waals surface area (Å²) in [6.07, 6.45) is 2.82. The average Bonchev–Trinajstić information content (AvgIpc) is 2.69. The maximum absolute atomic E-state index is 12.4. The Morgan fingerprint density at radius 3 is 2.52 bits per heavy atom. The second-order valence-corrected chi connectivity index (χ2v) is 8.07. The summed E-state index contributed by atoms with van der Waals surface area (Å²) in [4.78, 5) is 30.7. The largest absolute Gasteiger partial charge is 0.482 e. The first-order chi connectivity index (χ1) is 13.8. The lowest BCUT2D eigenvalue weighted by atomic mass is 9.96. The number of piperidine rings is 1. The van der Waals surface area contributed by atoms with Gasteiger partial charge in [0.1, 0.15) is 11.6 Å². The third-order valence-corrected chi connectivity index (χ3v) is 5.73. The Kier molecular flexibility index (Phi) is 7.22. The number of hydrogen-bond donors (Lipinski definition) is 1. The number of carbonyl (C=O) groups is 2. The van der Waals surface area contributed by atoms with Gasteiger partial charge in [-0.2, -0.15) is 0 Å². The topological polar surface area (TPSA) is 71.5 Å². The highest BCUT2D eigenvalue weighted by atomic mass is 35.5. The van der Waals surface area contributed by atoms with Crippen molar-refractivity contribution in [2.45, 2.75) is 19.8 Å². The Labute approximate surface area is 184 Å². The molecule has 1 aromatic carbocycles. The van der Waals surface area contributed by atoms with Crippen LogP contribution in [0.5, 0.6) is 5.75 Å². The minimum atomic E-state index is -0.175. The molecule has 9 heteroatoms. The number of nitrogens with zero attached hydrogens (tertiary/aromatic N) is 2. The number of amides is 2. The number of aromatic nitrogens is 1. The van der Waals surface area contributed by atoms with Gasteiger partial charge < -0.3 is 15.0 Å². The van der Waals surface area contributed by atoms with E-state index >= 15 is 0 Å². The van der Waals surface area contributed by atoms with E-state index < -0.39 is 0 Å². The zero-order valence-corrected chi connectivity index (χ0v) is 18.0. The first-order valence-corrected chi connectivity index (χ1v) is 10.3. The number of anilines is 1. The van der Waals surface area contributed by atoms with E-state index in [2.05, 4.69) is 10.3 Å². The van der Waals surface area contributed by atoms with Crippen LogP contribution in [0.1, 0.15) is 18.4 Å². The van der Waals surface area contributed by atoms with Crippen LogP contribution in [-0.2, 0) is 9.59 Å². The number of halogens is 3. The zero-order chi connectivity index (χ0) is 21.0. The van der Waals surface area contributed by atoms with E-state index in [1.165, 1.54) is 12.1 Å². The van der Waals surface area contributed by atoms with Crippen molar-refractivity contribution < 1.29 is 14.3 Å². The molecule has 1 aliphatic heterocycles. The molecule has 0 bridgehead atoms. The first kappa shape index (κ1) is 21.7. The number of aryl methyl sites for hydroxylation is 1. The molecule has 0 spiro atoms. The Balaban J connectivity index is 1.48. The highest BCUT2D eigenvalue weighted by molar-refractivity contribution is 6.43. The average molecular weight is 457 g/mol. The van der Waals surface area contributed by atoms with E-state index in [-0.39, 0.29) is 29.4 Å². The maximum Gasteiger partial charge on any atom is 0.260 e. The van der Waals surface area contributed by atoms with Gasteiger partial charge in [-0.1, -0.05) is 34.8 Å². The molecule has 2 amide bonds. The molecule has 0 unspecified atom stereocenters. The van der Waals surface area contributed by atoms with E-state index in [1.54, 1.807) is 11.1 Å². The fraction of sp³-hybridized carbons (Fsp3) is 0.350. The van der Waals surface area contributed by atoms with E-state index in [9.17, 15) is 9.59 Å². The van der Waals surface area contributed by atoms with E-state index in [1.807, 2.05) is 19.1 Å². The van der Waals surface area contributed by atoms with Gasteiger partial charge >= 0.3 is 0 Å². The summed E-state index contributed by atoms with van der Waals surface area (Å²) >= 11 is 17.9. The Bertz CT molecular complexity index is 915. The van der Waals surface area contributed by atoms with Crippen molar-refractivity contribution in [3.63, 3.8) is 0 Å². The van der Waals surface area contributed by atoms with Gasteiger partial charge in [-0.15, -0.1) is 0 Å². The van der Waals surface area contributed by atoms with Crippen LogP contribution >= 0.6 is 34.8 Å². The Morgan fingerprint density at radius 2 is 1.83 bits per heavy atom. The molecular formula is C20H20Cl3N3O3. The Hall–Kier alpha value is -2.02. The molecule has 0 saturated carbocycles. The number of hydrogen-bond acceptors (Lipinski definition) is 4. The number of carbonyl (C=O) groups excluding carboxylic acids is 2. The molecule has 1 fully saturated rings. The molecule has 0 radical (unpaired) electrons. The van der Waals surface area contributed by atoms with Gasteiger partial charge in [0.05, 0.1) is 15.1 Å². The maximum atomic E-state index is 12.4. The molecule has 3 rings (SSSR count). The van der Waals surface area contributed by atoms with Crippen LogP contribution in [0.4, 0.5) is 5.82 Å². The summed E-state index contributed by atoms with van der Waals surface area (Å²) in [6, 6.07) is 6.64. The number of ether oxygens (including phenoxy) is 1. The second kappa shape index (κ2) is 9.65. The standard InChI is InChI=1S/C20H20Cl3N3O3/c1-12-2-5-24-18(8-12)25-20(28)13-3-6-26(7-4-13)19(27)11-29-17-10-15(22)14(21)9-16(17)23/h2,5,8-10,13H,3-4,6-7,11H2,1H3,(H,24,25,28). The molecule has 154 valence electrons. The van der Waals surface area contributed by atoms with Gasteiger partial charge in [0, 0.05) is 31.3 Å².